The van der Waals surface area contributed by atoms with Crippen LogP contribution in [0, 0.1) is 5.41 Å². The molecule has 0 aliphatic carbocycles. The minimum absolute atomic E-state index is 0.750. The molecule has 0 amide bonds. The average molecular weight is 151 g/mol. The van der Waals surface area contributed by atoms with Gasteiger partial charge in [-0.1, -0.05) is 18.2 Å². The molecule has 58 valence electrons. The van der Waals surface area contributed by atoms with Crippen LogP contribution in [0.2, 0.25) is 0 Å². The van der Waals surface area contributed by atoms with Gasteiger partial charge in [0.25, 0.3) is 0 Å². The number of nitrogens with one attached hydrogen (secondary N) is 2. The molecular weight excluding hydrogens is 142 g/mol. The van der Waals surface area contributed by atoms with Crippen molar-refractivity contribution < 1.29 is 4.79 Å². The molecule has 11 heavy (non-hydrogen) atoms. The Balaban J connectivity index is 0.000000292. The van der Waals surface area contributed by atoms with Crippen LogP contribution in [-0.4, -0.2) is 6.08 Å². The Morgan fingerprint density at radius 1 is 1.36 bits per heavy atom. The Hall–Kier alpha value is -1.64. The summed E-state index contributed by atoms with van der Waals surface area (Å²) in [5, 5.41) is 5.40. The molecule has 0 aromatic heterocycles. The highest BCUT2D eigenvalue weighted by Crippen LogP contribution is 2.00. The van der Waals surface area contributed by atoms with E-state index in [0.717, 1.165) is 11.8 Å². The standard InChI is InChI=1S/C6H8N2.CHNO/c7-8-6-4-2-1-3-5-6;2-1-3/h1-5,8H,7H2;2H. The van der Waals surface area contributed by atoms with Crippen molar-refractivity contribution in [2.75, 3.05) is 5.43 Å². The van der Waals surface area contributed by atoms with Crippen molar-refractivity contribution in [2.45, 2.75) is 0 Å². The fourth-order valence-corrected chi connectivity index (χ4v) is 0.534. The number of hydrazine groups is 1. The van der Waals surface area contributed by atoms with Gasteiger partial charge in [-0.05, 0) is 12.1 Å². The minimum atomic E-state index is 0.750. The first kappa shape index (κ1) is 9.36. The summed E-state index contributed by atoms with van der Waals surface area (Å²) in [5.41, 5.74) is 3.46. The molecule has 0 heterocycles. The van der Waals surface area contributed by atoms with Crippen molar-refractivity contribution in [1.29, 1.82) is 5.41 Å². The molecule has 0 fully saturated rings. The molecule has 0 bridgehead atoms. The molecule has 0 aliphatic heterocycles. The number of hydrogen-bond acceptors (Lipinski definition) is 4. The van der Waals surface area contributed by atoms with Crippen LogP contribution in [0.25, 0.3) is 0 Å². The lowest BCUT2D eigenvalue weighted by Gasteiger charge is -1.94. The van der Waals surface area contributed by atoms with Crippen molar-refractivity contribution in [3.8, 4) is 0 Å². The first-order chi connectivity index (χ1) is 5.35. The van der Waals surface area contributed by atoms with Crippen LogP contribution in [0.15, 0.2) is 30.3 Å². The maximum Gasteiger partial charge on any atom is 0.231 e. The van der Waals surface area contributed by atoms with E-state index in [-0.39, 0.29) is 0 Å². The quantitative estimate of drug-likeness (QED) is 0.241. The Labute approximate surface area is 64.5 Å². The highest BCUT2D eigenvalue weighted by molar-refractivity contribution is 5.40. The van der Waals surface area contributed by atoms with E-state index in [1.54, 1.807) is 0 Å². The lowest BCUT2D eigenvalue weighted by atomic mass is 10.3. The van der Waals surface area contributed by atoms with Crippen molar-refractivity contribution in [3.63, 3.8) is 0 Å². The van der Waals surface area contributed by atoms with Gasteiger partial charge in [-0.15, -0.1) is 0 Å². The second-order valence-electron chi connectivity index (χ2n) is 1.61. The third-order valence-electron chi connectivity index (χ3n) is 0.940. The normalized spacial score (nSPS) is 7.00. The number of isocyanates is 1. The number of rotatable bonds is 1. The Morgan fingerprint density at radius 2 is 1.82 bits per heavy atom. The summed E-state index contributed by atoms with van der Waals surface area (Å²) in [5.74, 6) is 5.10. The van der Waals surface area contributed by atoms with Crippen LogP contribution >= 0.6 is 0 Å². The van der Waals surface area contributed by atoms with Crippen LogP contribution < -0.4 is 11.3 Å². The Kier molecular flexibility index (Phi) is 5.51. The lowest BCUT2D eigenvalue weighted by Crippen LogP contribution is -2.05. The van der Waals surface area contributed by atoms with E-state index in [1.807, 2.05) is 30.3 Å². The zero-order chi connectivity index (χ0) is 8.53. The summed E-state index contributed by atoms with van der Waals surface area (Å²) >= 11 is 0. The predicted octanol–water partition coefficient (Wildman–Crippen LogP) is 0.873. The van der Waals surface area contributed by atoms with Gasteiger partial charge in [0, 0.05) is 5.69 Å². The monoisotopic (exact) mass is 151 g/mol. The van der Waals surface area contributed by atoms with E-state index in [0.29, 0.717) is 0 Å². The molecule has 4 heteroatoms. The van der Waals surface area contributed by atoms with Crippen LogP contribution in [0.1, 0.15) is 0 Å². The summed E-state index contributed by atoms with van der Waals surface area (Å²) in [4.78, 5) is 8.35. The number of anilines is 1. The molecule has 4 nitrogen and oxygen atoms in total. The first-order valence-corrected chi connectivity index (χ1v) is 2.90. The zero-order valence-electron chi connectivity index (χ0n) is 5.87. The number of benzene rings is 1. The highest BCUT2D eigenvalue weighted by atomic mass is 16.1. The summed E-state index contributed by atoms with van der Waals surface area (Å²) in [7, 11) is 0. The third-order valence-corrected chi connectivity index (χ3v) is 0.940. The van der Waals surface area contributed by atoms with E-state index in [4.69, 9.17) is 16.0 Å². The molecule has 0 unspecified atom stereocenters. The van der Waals surface area contributed by atoms with Gasteiger partial charge in [-0.3, -0.25) is 5.84 Å². The third kappa shape index (κ3) is 4.84. The highest BCUT2D eigenvalue weighted by Gasteiger charge is 1.78. The summed E-state index contributed by atoms with van der Waals surface area (Å²) in [6.07, 6.45) is 0.750. The SMILES string of the molecule is N=C=O.NNc1ccccc1. The van der Waals surface area contributed by atoms with E-state index < -0.39 is 0 Å². The van der Waals surface area contributed by atoms with Gasteiger partial charge in [0.2, 0.25) is 6.08 Å². The Bertz CT molecular complexity index is 216. The second kappa shape index (κ2) is 6.48. The van der Waals surface area contributed by atoms with Crippen molar-refractivity contribution in [3.05, 3.63) is 30.3 Å². The largest absolute Gasteiger partial charge is 0.324 e. The molecule has 0 atom stereocenters. The maximum absolute atomic E-state index is 8.35. The van der Waals surface area contributed by atoms with Crippen molar-refractivity contribution >= 4 is 11.8 Å². The Morgan fingerprint density at radius 3 is 2.09 bits per heavy atom. The number of para-hydroxylation sites is 1. The molecule has 1 aromatic rings. The summed E-state index contributed by atoms with van der Waals surface area (Å²) in [6.45, 7) is 0. The predicted molar refractivity (Wildman–Crippen MR) is 42.7 cm³/mol. The molecule has 0 aliphatic rings. The number of nitrogens with two attached hydrogens (primary N) is 1. The summed E-state index contributed by atoms with van der Waals surface area (Å²) in [6, 6.07) is 9.60. The van der Waals surface area contributed by atoms with Gasteiger partial charge in [0.15, 0.2) is 0 Å². The molecule has 1 aromatic carbocycles. The molecular formula is C7H9N3O. The van der Waals surface area contributed by atoms with E-state index in [9.17, 15) is 0 Å². The topological polar surface area (TPSA) is 79.0 Å². The number of hydrogen-bond donors (Lipinski definition) is 3. The smallest absolute Gasteiger partial charge is 0.231 e. The molecule has 0 spiro atoms. The molecule has 0 saturated carbocycles. The van der Waals surface area contributed by atoms with Gasteiger partial charge in [-0.25, -0.2) is 10.2 Å². The molecule has 4 N–H and O–H groups in total. The second-order valence-corrected chi connectivity index (χ2v) is 1.61. The van der Waals surface area contributed by atoms with E-state index in [2.05, 4.69) is 5.43 Å². The summed E-state index contributed by atoms with van der Waals surface area (Å²) < 4.78 is 0. The van der Waals surface area contributed by atoms with E-state index >= 15 is 0 Å². The maximum atomic E-state index is 8.35. The van der Waals surface area contributed by atoms with Crippen molar-refractivity contribution in [1.82, 2.24) is 0 Å². The van der Waals surface area contributed by atoms with Crippen LogP contribution in [0.5, 0.6) is 0 Å². The number of nitrogen functional groups attached to an aromatic ring is 1. The molecule has 0 saturated heterocycles. The average Bonchev–Trinajstić information content (AvgIpc) is 2.08. The lowest BCUT2D eigenvalue weighted by molar-refractivity contribution is 0.563. The van der Waals surface area contributed by atoms with Gasteiger partial charge in [0.1, 0.15) is 0 Å². The van der Waals surface area contributed by atoms with Crippen molar-refractivity contribution in [2.24, 2.45) is 5.84 Å². The zero-order valence-corrected chi connectivity index (χ0v) is 5.87. The fraction of sp³-hybridized carbons (Fsp3) is 0. The first-order valence-electron chi connectivity index (χ1n) is 2.90. The van der Waals surface area contributed by atoms with Gasteiger partial charge in [0.05, 0.1) is 0 Å². The minimum Gasteiger partial charge on any atom is -0.324 e. The fourth-order valence-electron chi connectivity index (χ4n) is 0.534. The molecule has 0 radical (unpaired) electrons. The number of carbonyl (C=O) groups excluding carboxylic acids is 1. The van der Waals surface area contributed by atoms with Gasteiger partial charge in [-0.2, -0.15) is 0 Å². The van der Waals surface area contributed by atoms with Gasteiger partial charge < -0.3 is 5.43 Å². The van der Waals surface area contributed by atoms with E-state index in [1.165, 1.54) is 0 Å². The van der Waals surface area contributed by atoms with Gasteiger partial charge >= 0.3 is 0 Å². The van der Waals surface area contributed by atoms with Crippen LogP contribution in [0.3, 0.4) is 0 Å². The van der Waals surface area contributed by atoms with Crippen LogP contribution in [-0.2, 0) is 4.79 Å². The van der Waals surface area contributed by atoms with Crippen LogP contribution in [0.4, 0.5) is 5.69 Å². The molecule has 1 rings (SSSR count).